The fraction of sp³-hybridized carbons (Fsp3) is 0.333. The van der Waals surface area contributed by atoms with Crippen molar-refractivity contribution in [1.82, 2.24) is 0 Å². The largest absolute Gasteiger partial charge is 0.446 e. The second kappa shape index (κ2) is 7.52. The maximum absolute atomic E-state index is 11.5. The van der Waals surface area contributed by atoms with Gasteiger partial charge in [0.25, 0.3) is 0 Å². The molecule has 0 saturated carbocycles. The molecule has 2 N–H and O–H groups in total. The third-order valence-corrected chi connectivity index (χ3v) is 2.33. The lowest BCUT2D eigenvalue weighted by molar-refractivity contribution is 0.140. The quantitative estimate of drug-likeness (QED) is 0.890. The van der Waals surface area contributed by atoms with Gasteiger partial charge in [-0.2, -0.15) is 0 Å². The van der Waals surface area contributed by atoms with Crippen LogP contribution >= 0.6 is 0 Å². The standard InChI is InChI=1S/C15H20N2O4/c1-9(2)20-14(18)16-12-6-7-13(11(5)8-12)17-15(19)21-10(3)4/h6-10H,1,3H2,2,4-5H3,(H,16,18)(H,17,19). The second-order valence-electron chi connectivity index (χ2n) is 4.71. The van der Waals surface area contributed by atoms with Crippen molar-refractivity contribution in [2.75, 3.05) is 10.6 Å². The van der Waals surface area contributed by atoms with Crippen molar-refractivity contribution in [3.05, 3.63) is 37.6 Å². The van der Waals surface area contributed by atoms with Crippen LogP contribution in [-0.4, -0.2) is 24.4 Å². The summed E-state index contributed by atoms with van der Waals surface area (Å²) in [6.07, 6.45) is -2.04. The zero-order chi connectivity index (χ0) is 16.0. The van der Waals surface area contributed by atoms with Gasteiger partial charge in [-0.25, -0.2) is 9.59 Å². The molecule has 0 aliphatic carbocycles. The van der Waals surface area contributed by atoms with Gasteiger partial charge in [0.2, 0.25) is 0 Å². The summed E-state index contributed by atoms with van der Waals surface area (Å²) < 4.78 is 9.76. The van der Waals surface area contributed by atoms with Crippen LogP contribution in [0, 0.1) is 20.8 Å². The molecular weight excluding hydrogens is 272 g/mol. The first-order chi connectivity index (χ1) is 9.77. The van der Waals surface area contributed by atoms with Gasteiger partial charge in [-0.3, -0.25) is 10.6 Å². The number of aryl methyl sites for hydroxylation is 1. The number of hydrogen-bond acceptors (Lipinski definition) is 4. The zero-order valence-electron chi connectivity index (χ0n) is 12.4. The van der Waals surface area contributed by atoms with Crippen molar-refractivity contribution in [3.8, 4) is 0 Å². The Bertz CT molecular complexity index is 512. The van der Waals surface area contributed by atoms with Gasteiger partial charge < -0.3 is 9.47 Å². The molecule has 1 aromatic carbocycles. The summed E-state index contributed by atoms with van der Waals surface area (Å²) in [5, 5.41) is 5.17. The third kappa shape index (κ3) is 6.16. The maximum atomic E-state index is 11.5. The van der Waals surface area contributed by atoms with Gasteiger partial charge in [0.1, 0.15) is 12.2 Å². The van der Waals surface area contributed by atoms with E-state index in [1.807, 2.05) is 0 Å². The molecule has 1 aromatic rings. The molecule has 2 amide bonds. The van der Waals surface area contributed by atoms with E-state index < -0.39 is 24.4 Å². The average Bonchev–Trinajstić information content (AvgIpc) is 2.30. The highest BCUT2D eigenvalue weighted by Gasteiger charge is 2.10. The normalized spacial score (nSPS) is 10.4. The summed E-state index contributed by atoms with van der Waals surface area (Å²) in [5.41, 5.74) is 1.91. The Morgan fingerprint density at radius 2 is 1.57 bits per heavy atom. The number of ether oxygens (including phenoxy) is 2. The minimum Gasteiger partial charge on any atom is -0.446 e. The van der Waals surface area contributed by atoms with Crippen molar-refractivity contribution in [2.24, 2.45) is 0 Å². The minimum atomic E-state index is -0.581. The van der Waals surface area contributed by atoms with Crippen molar-refractivity contribution in [2.45, 2.75) is 33.0 Å². The van der Waals surface area contributed by atoms with Crippen LogP contribution in [0.1, 0.15) is 19.4 Å². The number of carbonyl (C=O) groups excluding carboxylic acids is 2. The Hall–Kier alpha value is -2.24. The molecule has 0 fully saturated rings. The van der Waals surface area contributed by atoms with Crippen molar-refractivity contribution < 1.29 is 19.1 Å². The van der Waals surface area contributed by atoms with E-state index in [9.17, 15) is 9.59 Å². The first kappa shape index (κ1) is 16.8. The van der Waals surface area contributed by atoms with Gasteiger partial charge in [0.05, 0.1) is 0 Å². The molecule has 0 heterocycles. The van der Waals surface area contributed by atoms with Gasteiger partial charge in [0.15, 0.2) is 0 Å². The van der Waals surface area contributed by atoms with Gasteiger partial charge in [-0.1, -0.05) is 0 Å². The molecule has 1 rings (SSSR count). The summed E-state index contributed by atoms with van der Waals surface area (Å²) >= 11 is 0. The molecule has 21 heavy (non-hydrogen) atoms. The molecule has 0 spiro atoms. The van der Waals surface area contributed by atoms with Crippen LogP contribution in [0.15, 0.2) is 18.2 Å². The van der Waals surface area contributed by atoms with Gasteiger partial charge in [0, 0.05) is 11.4 Å². The van der Waals surface area contributed by atoms with Crippen LogP contribution in [0.5, 0.6) is 0 Å². The summed E-state index contributed by atoms with van der Waals surface area (Å²) in [5.74, 6) is 0. The van der Waals surface area contributed by atoms with Crippen molar-refractivity contribution in [1.29, 1.82) is 0 Å². The summed E-state index contributed by atoms with van der Waals surface area (Å²) in [6.45, 7) is 12.2. The predicted molar refractivity (Wildman–Crippen MR) is 81.0 cm³/mol. The molecule has 6 heteroatoms. The highest BCUT2D eigenvalue weighted by molar-refractivity contribution is 5.88. The van der Waals surface area contributed by atoms with Crippen LogP contribution in [0.3, 0.4) is 0 Å². The number of anilines is 2. The number of rotatable bonds is 4. The van der Waals surface area contributed by atoms with E-state index in [-0.39, 0.29) is 0 Å². The number of hydrogen-bond donors (Lipinski definition) is 2. The van der Waals surface area contributed by atoms with Crippen LogP contribution in [0.4, 0.5) is 21.0 Å². The molecule has 0 aliphatic rings. The topological polar surface area (TPSA) is 76.7 Å². The van der Waals surface area contributed by atoms with Crippen molar-refractivity contribution >= 4 is 23.6 Å². The van der Waals surface area contributed by atoms with E-state index in [1.54, 1.807) is 39.0 Å². The molecule has 0 bridgehead atoms. The predicted octanol–water partition coefficient (Wildman–Crippen LogP) is 3.54. The number of nitrogens with one attached hydrogen (secondary N) is 2. The molecule has 0 aromatic heterocycles. The first-order valence-electron chi connectivity index (χ1n) is 6.50. The smallest absolute Gasteiger partial charge is 0.411 e. The molecule has 6 nitrogen and oxygen atoms in total. The lowest BCUT2D eigenvalue weighted by Crippen LogP contribution is -2.19. The number of benzene rings is 1. The van der Waals surface area contributed by atoms with Crippen LogP contribution < -0.4 is 10.6 Å². The molecule has 0 saturated heterocycles. The number of amides is 2. The lowest BCUT2D eigenvalue weighted by Gasteiger charge is -2.13. The summed E-state index contributed by atoms with van der Waals surface area (Å²) in [7, 11) is 0. The van der Waals surface area contributed by atoms with Gasteiger partial charge >= 0.3 is 12.2 Å². The molecule has 2 unspecified atom stereocenters. The fourth-order valence-electron chi connectivity index (χ4n) is 1.53. The monoisotopic (exact) mass is 292 g/mol. The fourth-order valence-corrected chi connectivity index (χ4v) is 1.53. The van der Waals surface area contributed by atoms with E-state index >= 15 is 0 Å². The van der Waals surface area contributed by atoms with Gasteiger partial charge in [-0.05, 0) is 58.4 Å². The van der Waals surface area contributed by atoms with Crippen LogP contribution in [0.2, 0.25) is 0 Å². The highest BCUT2D eigenvalue weighted by Crippen LogP contribution is 2.20. The Kier molecular flexibility index (Phi) is 6.02. The molecule has 2 radical (unpaired) electrons. The Morgan fingerprint density at radius 3 is 2.05 bits per heavy atom. The van der Waals surface area contributed by atoms with E-state index in [0.29, 0.717) is 11.4 Å². The Labute approximate surface area is 124 Å². The first-order valence-corrected chi connectivity index (χ1v) is 6.50. The Balaban J connectivity index is 2.67. The molecule has 2 atom stereocenters. The summed E-state index contributed by atoms with van der Waals surface area (Å²) in [6, 6.07) is 5.01. The maximum Gasteiger partial charge on any atom is 0.411 e. The summed E-state index contributed by atoms with van der Waals surface area (Å²) in [4.78, 5) is 22.9. The van der Waals surface area contributed by atoms with Crippen molar-refractivity contribution in [3.63, 3.8) is 0 Å². The van der Waals surface area contributed by atoms with E-state index in [2.05, 4.69) is 24.5 Å². The third-order valence-electron chi connectivity index (χ3n) is 2.33. The van der Waals surface area contributed by atoms with E-state index in [4.69, 9.17) is 9.47 Å². The highest BCUT2D eigenvalue weighted by atomic mass is 16.6. The van der Waals surface area contributed by atoms with E-state index in [1.165, 1.54) is 0 Å². The number of carbonyl (C=O) groups is 2. The minimum absolute atomic E-state index is 0.438. The SMILES string of the molecule is [CH2]C(C)OC(=O)Nc1ccc(NC(=O)OC([CH2])C)c(C)c1. The lowest BCUT2D eigenvalue weighted by atomic mass is 10.2. The Morgan fingerprint density at radius 1 is 1.05 bits per heavy atom. The molecule has 114 valence electrons. The molecular formula is C15H20N2O4. The zero-order valence-corrected chi connectivity index (χ0v) is 12.4. The van der Waals surface area contributed by atoms with Gasteiger partial charge in [-0.15, -0.1) is 0 Å². The van der Waals surface area contributed by atoms with Crippen LogP contribution in [0.25, 0.3) is 0 Å². The van der Waals surface area contributed by atoms with Crippen LogP contribution in [-0.2, 0) is 9.47 Å². The molecule has 0 aliphatic heterocycles. The van der Waals surface area contributed by atoms with E-state index in [0.717, 1.165) is 5.56 Å². The average molecular weight is 292 g/mol. The second-order valence-corrected chi connectivity index (χ2v) is 4.71.